The Morgan fingerprint density at radius 3 is 2.03 bits per heavy atom. The zero-order valence-corrected chi connectivity index (χ0v) is 18.5. The second-order valence-corrected chi connectivity index (χ2v) is 8.26. The molecule has 2 heterocycles. The highest BCUT2D eigenvalue weighted by Gasteiger charge is 2.23. The van der Waals surface area contributed by atoms with Gasteiger partial charge in [-0.2, -0.15) is 0 Å². The van der Waals surface area contributed by atoms with Crippen LogP contribution in [0.5, 0.6) is 0 Å². The van der Waals surface area contributed by atoms with Crippen molar-refractivity contribution < 1.29 is 5.11 Å². The summed E-state index contributed by atoms with van der Waals surface area (Å²) in [6.45, 7) is 2.48. The summed E-state index contributed by atoms with van der Waals surface area (Å²) in [5.74, 6) is 0. The summed E-state index contributed by atoms with van der Waals surface area (Å²) in [6, 6.07) is 30.6. The maximum Gasteiger partial charge on any atom is 0.146 e. The van der Waals surface area contributed by atoms with Crippen molar-refractivity contribution in [3.63, 3.8) is 0 Å². The number of benzene rings is 3. The van der Waals surface area contributed by atoms with E-state index in [9.17, 15) is 5.11 Å². The van der Waals surface area contributed by atoms with E-state index < -0.39 is 0 Å². The van der Waals surface area contributed by atoms with E-state index in [-0.39, 0.29) is 12.6 Å². The summed E-state index contributed by atoms with van der Waals surface area (Å²) in [4.78, 5) is 4.83. The van der Waals surface area contributed by atoms with Crippen molar-refractivity contribution in [3.8, 4) is 22.4 Å². The van der Waals surface area contributed by atoms with Crippen LogP contribution in [0.1, 0.15) is 18.5 Å². The van der Waals surface area contributed by atoms with Crippen molar-refractivity contribution in [3.05, 3.63) is 108 Å². The molecule has 5 nitrogen and oxygen atoms in total. The quantitative estimate of drug-likeness (QED) is 0.383. The maximum absolute atomic E-state index is 9.77. The number of rotatable bonds is 6. The molecule has 1 atom stereocenters. The minimum atomic E-state index is -0.240. The fourth-order valence-electron chi connectivity index (χ4n) is 4.39. The smallest absolute Gasteiger partial charge is 0.146 e. The number of fused-ring (bicyclic) bond motifs is 1. The molecule has 5 rings (SSSR count). The van der Waals surface area contributed by atoms with Crippen molar-refractivity contribution in [2.45, 2.75) is 19.5 Å². The minimum absolute atomic E-state index is 0.0549. The third-order valence-corrected chi connectivity index (χ3v) is 6.07. The number of aromatic nitrogens is 3. The van der Waals surface area contributed by atoms with Gasteiger partial charge in [-0.25, -0.2) is 4.98 Å². The first-order valence-electron chi connectivity index (χ1n) is 11.1. The molecule has 5 heteroatoms. The van der Waals surface area contributed by atoms with Crippen molar-refractivity contribution in [2.75, 3.05) is 6.61 Å². The van der Waals surface area contributed by atoms with Crippen molar-refractivity contribution in [1.82, 2.24) is 14.1 Å². The summed E-state index contributed by atoms with van der Waals surface area (Å²) in [5, 5.41) is 19.7. The van der Waals surface area contributed by atoms with E-state index in [1.807, 2.05) is 61.5 Å². The van der Waals surface area contributed by atoms with E-state index in [1.54, 1.807) is 10.9 Å². The van der Waals surface area contributed by atoms with Gasteiger partial charge >= 0.3 is 0 Å². The number of hydrogen-bond acceptors (Lipinski definition) is 3. The first-order chi connectivity index (χ1) is 16.2. The van der Waals surface area contributed by atoms with Crippen molar-refractivity contribution >= 4 is 11.0 Å². The average molecular weight is 435 g/mol. The normalized spacial score (nSPS) is 12.2. The van der Waals surface area contributed by atoms with Crippen molar-refractivity contribution in [2.24, 2.45) is 0 Å². The van der Waals surface area contributed by atoms with E-state index in [2.05, 4.69) is 41.0 Å². The van der Waals surface area contributed by atoms with Crippen LogP contribution in [0.15, 0.2) is 97.3 Å². The number of hydrogen-bond donors (Lipinski definition) is 2. The lowest BCUT2D eigenvalue weighted by Gasteiger charge is -2.14. The van der Waals surface area contributed by atoms with Gasteiger partial charge in [0.05, 0.1) is 30.1 Å². The Kier molecular flexibility index (Phi) is 5.63. The molecule has 0 aliphatic rings. The second kappa shape index (κ2) is 8.88. The van der Waals surface area contributed by atoms with Crippen molar-refractivity contribution in [1.29, 1.82) is 5.41 Å². The molecule has 0 amide bonds. The van der Waals surface area contributed by atoms with Crippen LogP contribution in [-0.2, 0) is 6.54 Å². The molecule has 0 fully saturated rings. The molecule has 164 valence electrons. The molecule has 0 spiro atoms. The molecule has 0 saturated heterocycles. The van der Waals surface area contributed by atoms with E-state index >= 15 is 0 Å². The first-order valence-corrected chi connectivity index (χ1v) is 11.1. The highest BCUT2D eigenvalue weighted by Crippen LogP contribution is 2.39. The number of nitrogens with zero attached hydrogens (tertiary/aromatic N) is 3. The highest BCUT2D eigenvalue weighted by molar-refractivity contribution is 6.02. The monoisotopic (exact) mass is 434 g/mol. The molecular weight excluding hydrogens is 408 g/mol. The Labute approximate surface area is 192 Å². The van der Waals surface area contributed by atoms with Gasteiger partial charge in [-0.3, -0.25) is 5.41 Å². The largest absolute Gasteiger partial charge is 0.394 e. The second-order valence-electron chi connectivity index (χ2n) is 8.26. The van der Waals surface area contributed by atoms with Crippen LogP contribution in [0, 0.1) is 5.41 Å². The van der Waals surface area contributed by atoms with Gasteiger partial charge in [-0.15, -0.1) is 0 Å². The standard InChI is InChI=1S/C28H26N4O/c1-20(18-33)32-19-30-28-25(27(32)29)24(22-13-7-3-8-14-22)26(23-15-9-4-10-16-23)31(28)17-21-11-5-2-6-12-21/h2-16,19-20,29,33H,17-18H2,1H3. The molecule has 2 aromatic heterocycles. The molecule has 1 unspecified atom stereocenters. The molecular formula is C28H26N4O. The molecule has 33 heavy (non-hydrogen) atoms. The van der Waals surface area contributed by atoms with Crippen LogP contribution in [0.2, 0.25) is 0 Å². The molecule has 3 aromatic carbocycles. The van der Waals surface area contributed by atoms with Gasteiger partial charge in [0.2, 0.25) is 0 Å². The number of aliphatic hydroxyl groups excluding tert-OH is 1. The van der Waals surface area contributed by atoms with Crippen LogP contribution in [0.25, 0.3) is 33.4 Å². The van der Waals surface area contributed by atoms with Gasteiger partial charge in [-0.05, 0) is 23.6 Å². The SMILES string of the molecule is CC(CO)n1cnc2c(c(-c3ccccc3)c(-c3ccccc3)n2Cc2ccccc2)c1=N. The Bertz CT molecular complexity index is 1440. The first kappa shape index (κ1) is 20.9. The average Bonchev–Trinajstić information content (AvgIpc) is 3.20. The van der Waals surface area contributed by atoms with Crippen LogP contribution in [0.3, 0.4) is 0 Å². The summed E-state index contributed by atoms with van der Waals surface area (Å²) in [7, 11) is 0. The van der Waals surface area contributed by atoms with Gasteiger partial charge in [-0.1, -0.05) is 91.0 Å². The molecule has 2 N–H and O–H groups in total. The Balaban J connectivity index is 1.92. The van der Waals surface area contributed by atoms with Crippen LogP contribution in [0.4, 0.5) is 0 Å². The lowest BCUT2D eigenvalue weighted by molar-refractivity contribution is 0.234. The van der Waals surface area contributed by atoms with Gasteiger partial charge < -0.3 is 14.2 Å². The third-order valence-electron chi connectivity index (χ3n) is 6.07. The summed E-state index contributed by atoms with van der Waals surface area (Å²) in [6.07, 6.45) is 1.68. The molecule has 0 bridgehead atoms. The summed E-state index contributed by atoms with van der Waals surface area (Å²) >= 11 is 0. The van der Waals surface area contributed by atoms with Gasteiger partial charge in [0, 0.05) is 12.1 Å². The Hall–Kier alpha value is -3.96. The summed E-state index contributed by atoms with van der Waals surface area (Å²) in [5.41, 5.74) is 6.43. The predicted molar refractivity (Wildman–Crippen MR) is 132 cm³/mol. The third kappa shape index (κ3) is 3.77. The van der Waals surface area contributed by atoms with E-state index in [0.29, 0.717) is 12.0 Å². The topological polar surface area (TPSA) is 66.8 Å². The van der Waals surface area contributed by atoms with Gasteiger partial charge in [0.25, 0.3) is 0 Å². The Morgan fingerprint density at radius 2 is 1.42 bits per heavy atom. The molecule has 5 aromatic rings. The fourth-order valence-corrected chi connectivity index (χ4v) is 4.39. The zero-order chi connectivity index (χ0) is 22.8. The minimum Gasteiger partial charge on any atom is -0.394 e. The molecule has 0 saturated carbocycles. The molecule has 0 radical (unpaired) electrons. The fraction of sp³-hybridized carbons (Fsp3) is 0.143. The molecule has 0 aliphatic carbocycles. The number of aliphatic hydroxyl groups is 1. The number of nitrogens with one attached hydrogen (secondary N) is 1. The highest BCUT2D eigenvalue weighted by atomic mass is 16.3. The van der Waals surface area contributed by atoms with Gasteiger partial charge in [0.15, 0.2) is 0 Å². The Morgan fingerprint density at radius 1 is 0.848 bits per heavy atom. The zero-order valence-electron chi connectivity index (χ0n) is 18.5. The lowest BCUT2D eigenvalue weighted by atomic mass is 9.99. The lowest BCUT2D eigenvalue weighted by Crippen LogP contribution is -2.26. The van der Waals surface area contributed by atoms with Crippen LogP contribution in [-0.4, -0.2) is 25.8 Å². The molecule has 0 aliphatic heterocycles. The summed E-state index contributed by atoms with van der Waals surface area (Å²) < 4.78 is 3.96. The van der Waals surface area contributed by atoms with E-state index in [4.69, 9.17) is 10.4 Å². The maximum atomic E-state index is 9.77. The van der Waals surface area contributed by atoms with E-state index in [0.717, 1.165) is 33.4 Å². The predicted octanol–water partition coefficient (Wildman–Crippen LogP) is 5.25. The van der Waals surface area contributed by atoms with Gasteiger partial charge in [0.1, 0.15) is 11.1 Å². The van der Waals surface area contributed by atoms with Crippen LogP contribution < -0.4 is 5.49 Å². The van der Waals surface area contributed by atoms with Crippen LogP contribution >= 0.6 is 0 Å². The van der Waals surface area contributed by atoms with E-state index in [1.165, 1.54) is 5.56 Å².